The molecule has 3 heterocycles. The minimum atomic E-state index is -3.28. The van der Waals surface area contributed by atoms with Crippen molar-refractivity contribution >= 4 is 15.9 Å². The third kappa shape index (κ3) is 3.99. The Morgan fingerprint density at radius 1 is 1.29 bits per heavy atom. The summed E-state index contributed by atoms with van der Waals surface area (Å²) in [5.41, 5.74) is 0.507. The van der Waals surface area contributed by atoms with E-state index in [0.29, 0.717) is 25.2 Å². The van der Waals surface area contributed by atoms with Crippen molar-refractivity contribution in [2.45, 2.75) is 25.3 Å². The first kappa shape index (κ1) is 17.4. The maximum Gasteiger partial charge on any atom is 0.257 e. The third-order valence-corrected chi connectivity index (χ3v) is 6.17. The summed E-state index contributed by atoms with van der Waals surface area (Å²) in [6.45, 7) is 4.24. The Morgan fingerprint density at radius 3 is 2.58 bits per heavy atom. The number of piperidine rings is 1. The quantitative estimate of drug-likeness (QED) is 0.756. The van der Waals surface area contributed by atoms with Gasteiger partial charge in [0.2, 0.25) is 10.0 Å². The summed E-state index contributed by atoms with van der Waals surface area (Å²) in [6.07, 6.45) is 7.78. The molecule has 2 saturated heterocycles. The van der Waals surface area contributed by atoms with Gasteiger partial charge in [0.1, 0.15) is 6.26 Å². The van der Waals surface area contributed by atoms with Gasteiger partial charge in [0.15, 0.2) is 0 Å². The molecule has 0 atom stereocenters. The zero-order valence-corrected chi connectivity index (χ0v) is 14.9. The fourth-order valence-corrected chi connectivity index (χ4v) is 4.50. The van der Waals surface area contributed by atoms with Crippen molar-refractivity contribution in [3.05, 3.63) is 24.2 Å². The highest BCUT2D eigenvalue weighted by molar-refractivity contribution is 7.88. The summed E-state index contributed by atoms with van der Waals surface area (Å²) in [5.74, 6) is -0.107. The number of furan rings is 1. The van der Waals surface area contributed by atoms with Gasteiger partial charge >= 0.3 is 0 Å². The van der Waals surface area contributed by atoms with Crippen LogP contribution < -0.4 is 0 Å². The van der Waals surface area contributed by atoms with E-state index < -0.39 is 10.0 Å². The Balaban J connectivity index is 1.55. The predicted octanol–water partition coefficient (Wildman–Crippen LogP) is 0.852. The molecule has 0 spiro atoms. The standard InChI is InChI=1S/C16H25N3O4S/c1-24(21,22)19(9-8-17-6-3-2-4-7-17)15-11-18(12-15)16(20)14-5-10-23-13-14/h5,10,13,15H,2-4,6-9,11-12H2,1H3. The van der Waals surface area contributed by atoms with Gasteiger partial charge in [-0.05, 0) is 32.0 Å². The number of rotatable bonds is 6. The van der Waals surface area contributed by atoms with Gasteiger partial charge in [-0.2, -0.15) is 4.31 Å². The first-order valence-electron chi connectivity index (χ1n) is 8.46. The molecule has 0 aromatic carbocycles. The number of carbonyl (C=O) groups excluding carboxylic acids is 1. The van der Waals surface area contributed by atoms with Gasteiger partial charge in [-0.15, -0.1) is 0 Å². The zero-order valence-electron chi connectivity index (χ0n) is 14.1. The lowest BCUT2D eigenvalue weighted by molar-refractivity contribution is 0.0436. The molecule has 1 amide bonds. The van der Waals surface area contributed by atoms with Gasteiger partial charge in [0.25, 0.3) is 5.91 Å². The Hall–Kier alpha value is -1.38. The molecular formula is C16H25N3O4S. The number of hydrogen-bond acceptors (Lipinski definition) is 5. The molecule has 0 bridgehead atoms. The van der Waals surface area contributed by atoms with Crippen LogP contribution in [0.2, 0.25) is 0 Å². The second kappa shape index (κ2) is 7.25. The molecule has 2 fully saturated rings. The summed E-state index contributed by atoms with van der Waals surface area (Å²) in [4.78, 5) is 16.2. The fraction of sp³-hybridized carbons (Fsp3) is 0.688. The van der Waals surface area contributed by atoms with Crippen LogP contribution in [0.4, 0.5) is 0 Å². The van der Waals surface area contributed by atoms with Crippen LogP contribution in [0.15, 0.2) is 23.0 Å². The summed E-state index contributed by atoms with van der Waals surface area (Å²) in [5, 5.41) is 0. The van der Waals surface area contributed by atoms with Crippen molar-refractivity contribution < 1.29 is 17.6 Å². The van der Waals surface area contributed by atoms with E-state index in [1.165, 1.54) is 38.0 Å². The Morgan fingerprint density at radius 2 is 2.00 bits per heavy atom. The number of amides is 1. The minimum Gasteiger partial charge on any atom is -0.472 e. The molecule has 0 unspecified atom stereocenters. The molecule has 8 heteroatoms. The summed E-state index contributed by atoms with van der Waals surface area (Å²) in [7, 11) is -3.28. The van der Waals surface area contributed by atoms with Crippen LogP contribution in [0.3, 0.4) is 0 Å². The largest absolute Gasteiger partial charge is 0.472 e. The molecule has 7 nitrogen and oxygen atoms in total. The molecule has 0 radical (unpaired) electrons. The number of carbonyl (C=O) groups is 1. The van der Waals surface area contributed by atoms with Gasteiger partial charge in [-0.3, -0.25) is 4.79 Å². The lowest BCUT2D eigenvalue weighted by Crippen LogP contribution is -2.62. The van der Waals surface area contributed by atoms with Crippen LogP contribution in [-0.2, 0) is 10.0 Å². The molecule has 0 aliphatic carbocycles. The van der Waals surface area contributed by atoms with Gasteiger partial charge in [0.05, 0.1) is 24.1 Å². The summed E-state index contributed by atoms with van der Waals surface area (Å²) < 4.78 is 30.8. The highest BCUT2D eigenvalue weighted by atomic mass is 32.2. The first-order valence-corrected chi connectivity index (χ1v) is 10.3. The van der Waals surface area contributed by atoms with E-state index in [1.54, 1.807) is 15.3 Å². The molecule has 3 rings (SSSR count). The van der Waals surface area contributed by atoms with Crippen LogP contribution in [0.5, 0.6) is 0 Å². The van der Waals surface area contributed by atoms with Crippen molar-refractivity contribution in [3.8, 4) is 0 Å². The van der Waals surface area contributed by atoms with Gasteiger partial charge < -0.3 is 14.2 Å². The van der Waals surface area contributed by atoms with E-state index in [9.17, 15) is 13.2 Å². The highest BCUT2D eigenvalue weighted by Crippen LogP contribution is 2.21. The van der Waals surface area contributed by atoms with Crippen molar-refractivity contribution in [2.24, 2.45) is 0 Å². The fourth-order valence-electron chi connectivity index (χ4n) is 3.41. The number of likely N-dealkylation sites (tertiary alicyclic amines) is 2. The molecule has 1 aromatic heterocycles. The Labute approximate surface area is 143 Å². The van der Waals surface area contributed by atoms with Crippen LogP contribution in [0.1, 0.15) is 29.6 Å². The van der Waals surface area contributed by atoms with E-state index in [1.807, 2.05) is 0 Å². The van der Waals surface area contributed by atoms with Crippen LogP contribution >= 0.6 is 0 Å². The van der Waals surface area contributed by atoms with Crippen LogP contribution in [-0.4, -0.2) is 80.0 Å². The minimum absolute atomic E-state index is 0.107. The average molecular weight is 355 g/mol. The maximum absolute atomic E-state index is 12.2. The van der Waals surface area contributed by atoms with Crippen molar-refractivity contribution in [2.75, 3.05) is 45.5 Å². The monoisotopic (exact) mass is 355 g/mol. The molecule has 1 aromatic rings. The van der Waals surface area contributed by atoms with Crippen LogP contribution in [0, 0.1) is 0 Å². The van der Waals surface area contributed by atoms with E-state index in [-0.39, 0.29) is 11.9 Å². The maximum atomic E-state index is 12.2. The molecule has 0 N–H and O–H groups in total. The lowest BCUT2D eigenvalue weighted by Gasteiger charge is -2.44. The summed E-state index contributed by atoms with van der Waals surface area (Å²) in [6, 6.07) is 1.50. The molecule has 134 valence electrons. The average Bonchev–Trinajstić information content (AvgIpc) is 3.03. The van der Waals surface area contributed by atoms with E-state index in [0.717, 1.165) is 19.6 Å². The molecule has 2 aliphatic rings. The SMILES string of the molecule is CS(=O)(=O)N(CCN1CCCCC1)C1CN(C(=O)c2ccoc2)C1. The smallest absolute Gasteiger partial charge is 0.257 e. The van der Waals surface area contributed by atoms with E-state index in [2.05, 4.69) is 4.90 Å². The van der Waals surface area contributed by atoms with Crippen molar-refractivity contribution in [1.29, 1.82) is 0 Å². The number of hydrogen-bond donors (Lipinski definition) is 0. The van der Waals surface area contributed by atoms with Crippen molar-refractivity contribution in [1.82, 2.24) is 14.1 Å². The van der Waals surface area contributed by atoms with Crippen LogP contribution in [0.25, 0.3) is 0 Å². The summed E-state index contributed by atoms with van der Waals surface area (Å²) >= 11 is 0. The molecule has 0 saturated carbocycles. The number of sulfonamides is 1. The number of nitrogens with zero attached hydrogens (tertiary/aromatic N) is 3. The Kier molecular flexibility index (Phi) is 5.27. The Bertz CT molecular complexity index is 647. The predicted molar refractivity (Wildman–Crippen MR) is 90.2 cm³/mol. The van der Waals surface area contributed by atoms with E-state index >= 15 is 0 Å². The third-order valence-electron chi connectivity index (χ3n) is 4.84. The molecular weight excluding hydrogens is 330 g/mol. The van der Waals surface area contributed by atoms with E-state index in [4.69, 9.17) is 4.42 Å². The molecule has 2 aliphatic heterocycles. The molecule has 24 heavy (non-hydrogen) atoms. The zero-order chi connectivity index (χ0) is 17.2. The van der Waals surface area contributed by atoms with Crippen molar-refractivity contribution in [3.63, 3.8) is 0 Å². The first-order chi connectivity index (χ1) is 11.4. The van der Waals surface area contributed by atoms with Gasteiger partial charge in [-0.1, -0.05) is 6.42 Å². The highest BCUT2D eigenvalue weighted by Gasteiger charge is 2.39. The topological polar surface area (TPSA) is 74.1 Å². The second-order valence-corrected chi connectivity index (χ2v) is 8.59. The second-order valence-electron chi connectivity index (χ2n) is 6.65. The normalized spacial score (nSPS) is 20.3. The van der Waals surface area contributed by atoms with Gasteiger partial charge in [-0.25, -0.2) is 8.42 Å². The van der Waals surface area contributed by atoms with Gasteiger partial charge in [0, 0.05) is 26.2 Å². The lowest BCUT2D eigenvalue weighted by atomic mass is 10.1.